The van der Waals surface area contributed by atoms with Gasteiger partial charge in [0.1, 0.15) is 11.4 Å². The van der Waals surface area contributed by atoms with Crippen molar-refractivity contribution in [3.63, 3.8) is 0 Å². The van der Waals surface area contributed by atoms with Crippen LogP contribution in [0.15, 0.2) is 24.3 Å². The lowest BCUT2D eigenvalue weighted by Crippen LogP contribution is -2.41. The SMILES string of the molecule is CCCC1(CCC)CC(O)c2ccccc2O1. The summed E-state index contributed by atoms with van der Waals surface area (Å²) >= 11 is 0. The van der Waals surface area contributed by atoms with Crippen LogP contribution in [-0.4, -0.2) is 10.7 Å². The van der Waals surface area contributed by atoms with Gasteiger partial charge in [0.25, 0.3) is 0 Å². The normalized spacial score (nSPS) is 21.7. The van der Waals surface area contributed by atoms with Crippen LogP contribution in [0.4, 0.5) is 0 Å². The fourth-order valence-electron chi connectivity index (χ4n) is 2.93. The van der Waals surface area contributed by atoms with E-state index in [1.54, 1.807) is 0 Å². The van der Waals surface area contributed by atoms with E-state index >= 15 is 0 Å². The molecule has 0 aliphatic carbocycles. The van der Waals surface area contributed by atoms with E-state index in [0.717, 1.165) is 43.4 Å². The zero-order valence-corrected chi connectivity index (χ0v) is 10.8. The summed E-state index contributed by atoms with van der Waals surface area (Å²) in [6.45, 7) is 4.35. The molecule has 0 saturated heterocycles. The van der Waals surface area contributed by atoms with E-state index in [2.05, 4.69) is 13.8 Å². The number of hydrogen-bond acceptors (Lipinski definition) is 2. The van der Waals surface area contributed by atoms with Crippen LogP contribution in [0, 0.1) is 0 Å². The molecule has 1 aliphatic heterocycles. The Hall–Kier alpha value is -1.02. The summed E-state index contributed by atoms with van der Waals surface area (Å²) in [7, 11) is 0. The molecule has 1 aromatic rings. The number of hydrogen-bond donors (Lipinski definition) is 1. The lowest BCUT2D eigenvalue weighted by molar-refractivity contribution is -0.0267. The van der Waals surface area contributed by atoms with Crippen molar-refractivity contribution in [3.8, 4) is 5.75 Å². The third-order valence-corrected chi connectivity index (χ3v) is 3.58. The van der Waals surface area contributed by atoms with Gasteiger partial charge in [0.15, 0.2) is 0 Å². The van der Waals surface area contributed by atoms with Crippen molar-refractivity contribution >= 4 is 0 Å². The highest BCUT2D eigenvalue weighted by atomic mass is 16.5. The van der Waals surface area contributed by atoms with E-state index in [1.165, 1.54) is 0 Å². The molecule has 0 spiro atoms. The second kappa shape index (κ2) is 5.09. The standard InChI is InChI=1S/C15H22O2/c1-3-9-15(10-4-2)11-13(16)12-7-5-6-8-14(12)17-15/h5-8,13,16H,3-4,9-11H2,1-2H3. The van der Waals surface area contributed by atoms with Gasteiger partial charge in [0.05, 0.1) is 6.10 Å². The third-order valence-electron chi connectivity index (χ3n) is 3.58. The van der Waals surface area contributed by atoms with Gasteiger partial charge in [0, 0.05) is 12.0 Å². The van der Waals surface area contributed by atoms with Crippen LogP contribution in [0.25, 0.3) is 0 Å². The van der Waals surface area contributed by atoms with Crippen molar-refractivity contribution in [1.29, 1.82) is 0 Å². The van der Waals surface area contributed by atoms with Crippen molar-refractivity contribution in [2.75, 3.05) is 0 Å². The Labute approximate surface area is 104 Å². The summed E-state index contributed by atoms with van der Waals surface area (Å²) in [6.07, 6.45) is 4.58. The molecule has 17 heavy (non-hydrogen) atoms. The topological polar surface area (TPSA) is 29.5 Å². The number of benzene rings is 1. The number of para-hydroxylation sites is 1. The number of aliphatic hydroxyl groups is 1. The van der Waals surface area contributed by atoms with Gasteiger partial charge in [-0.05, 0) is 18.9 Å². The van der Waals surface area contributed by atoms with E-state index in [4.69, 9.17) is 4.74 Å². The predicted octanol–water partition coefficient (Wildman–Crippen LogP) is 3.84. The lowest BCUT2D eigenvalue weighted by atomic mass is 9.82. The number of aliphatic hydroxyl groups excluding tert-OH is 1. The first kappa shape index (κ1) is 12.4. The molecule has 1 unspecified atom stereocenters. The first-order valence-corrected chi connectivity index (χ1v) is 6.67. The van der Waals surface area contributed by atoms with E-state index in [1.807, 2.05) is 24.3 Å². The molecular formula is C15H22O2. The van der Waals surface area contributed by atoms with Crippen LogP contribution >= 0.6 is 0 Å². The molecule has 1 atom stereocenters. The van der Waals surface area contributed by atoms with Crippen LogP contribution in [0.1, 0.15) is 57.6 Å². The highest BCUT2D eigenvalue weighted by Gasteiger charge is 2.38. The van der Waals surface area contributed by atoms with Crippen LogP contribution in [0.5, 0.6) is 5.75 Å². The van der Waals surface area contributed by atoms with E-state index < -0.39 is 0 Å². The summed E-state index contributed by atoms with van der Waals surface area (Å²) in [4.78, 5) is 0. The zero-order chi connectivity index (χ0) is 12.3. The van der Waals surface area contributed by atoms with Gasteiger partial charge in [-0.15, -0.1) is 0 Å². The second-order valence-corrected chi connectivity index (χ2v) is 5.04. The van der Waals surface area contributed by atoms with Crippen molar-refractivity contribution in [2.24, 2.45) is 0 Å². The number of rotatable bonds is 4. The Morgan fingerprint density at radius 1 is 1.24 bits per heavy atom. The van der Waals surface area contributed by atoms with Gasteiger partial charge in [-0.1, -0.05) is 44.9 Å². The molecule has 2 rings (SSSR count). The molecule has 1 aliphatic rings. The Morgan fingerprint density at radius 3 is 2.53 bits per heavy atom. The Kier molecular flexibility index (Phi) is 3.72. The molecule has 0 amide bonds. The van der Waals surface area contributed by atoms with Gasteiger partial charge >= 0.3 is 0 Å². The maximum absolute atomic E-state index is 10.3. The van der Waals surface area contributed by atoms with E-state index in [9.17, 15) is 5.11 Å². The van der Waals surface area contributed by atoms with E-state index in [-0.39, 0.29) is 11.7 Å². The van der Waals surface area contributed by atoms with Gasteiger partial charge in [0.2, 0.25) is 0 Å². The molecule has 1 N–H and O–H groups in total. The molecule has 2 heteroatoms. The number of ether oxygens (including phenoxy) is 1. The smallest absolute Gasteiger partial charge is 0.125 e. The molecule has 1 heterocycles. The van der Waals surface area contributed by atoms with Gasteiger partial charge < -0.3 is 9.84 Å². The van der Waals surface area contributed by atoms with Gasteiger partial charge in [-0.3, -0.25) is 0 Å². The molecule has 0 saturated carbocycles. The first-order valence-electron chi connectivity index (χ1n) is 6.67. The van der Waals surface area contributed by atoms with Crippen molar-refractivity contribution < 1.29 is 9.84 Å². The summed E-state index contributed by atoms with van der Waals surface area (Å²) in [5, 5.41) is 10.3. The first-order chi connectivity index (χ1) is 8.21. The fraction of sp³-hybridized carbons (Fsp3) is 0.600. The highest BCUT2D eigenvalue weighted by molar-refractivity contribution is 5.37. The van der Waals surface area contributed by atoms with Gasteiger partial charge in [-0.2, -0.15) is 0 Å². The zero-order valence-electron chi connectivity index (χ0n) is 10.8. The minimum absolute atomic E-state index is 0.155. The Balaban J connectivity index is 2.29. The van der Waals surface area contributed by atoms with E-state index in [0.29, 0.717) is 0 Å². The quantitative estimate of drug-likeness (QED) is 0.857. The van der Waals surface area contributed by atoms with Crippen molar-refractivity contribution in [2.45, 2.75) is 57.7 Å². The second-order valence-electron chi connectivity index (χ2n) is 5.04. The minimum atomic E-state index is -0.377. The third kappa shape index (κ3) is 2.47. The summed E-state index contributed by atoms with van der Waals surface area (Å²) < 4.78 is 6.21. The highest BCUT2D eigenvalue weighted by Crippen LogP contribution is 2.43. The minimum Gasteiger partial charge on any atom is -0.487 e. The monoisotopic (exact) mass is 234 g/mol. The fourth-order valence-corrected chi connectivity index (χ4v) is 2.93. The lowest BCUT2D eigenvalue weighted by Gasteiger charge is -2.41. The average molecular weight is 234 g/mol. The van der Waals surface area contributed by atoms with Crippen molar-refractivity contribution in [3.05, 3.63) is 29.8 Å². The maximum Gasteiger partial charge on any atom is 0.125 e. The van der Waals surface area contributed by atoms with Gasteiger partial charge in [-0.25, -0.2) is 0 Å². The summed E-state index contributed by atoms with van der Waals surface area (Å²) in [5.74, 6) is 0.869. The Bertz CT molecular complexity index is 367. The maximum atomic E-state index is 10.3. The largest absolute Gasteiger partial charge is 0.487 e. The molecule has 0 bridgehead atoms. The molecule has 2 nitrogen and oxygen atoms in total. The van der Waals surface area contributed by atoms with Crippen LogP contribution in [-0.2, 0) is 0 Å². The summed E-state index contributed by atoms with van der Waals surface area (Å²) in [6, 6.07) is 7.86. The average Bonchev–Trinajstić information content (AvgIpc) is 2.29. The molecule has 0 radical (unpaired) electrons. The summed E-state index contributed by atoms with van der Waals surface area (Å²) in [5.41, 5.74) is 0.785. The molecule has 94 valence electrons. The molecular weight excluding hydrogens is 212 g/mol. The molecule has 1 aromatic carbocycles. The van der Waals surface area contributed by atoms with Crippen molar-refractivity contribution in [1.82, 2.24) is 0 Å². The van der Waals surface area contributed by atoms with Crippen LogP contribution in [0.2, 0.25) is 0 Å². The molecule has 0 aromatic heterocycles. The van der Waals surface area contributed by atoms with Crippen LogP contribution in [0.3, 0.4) is 0 Å². The number of fused-ring (bicyclic) bond motifs is 1. The van der Waals surface area contributed by atoms with Crippen LogP contribution < -0.4 is 4.74 Å². The predicted molar refractivity (Wildman–Crippen MR) is 69.2 cm³/mol. The molecule has 0 fully saturated rings. The Morgan fingerprint density at radius 2 is 1.88 bits per heavy atom.